The normalized spacial score (nSPS) is 10.0. The van der Waals surface area contributed by atoms with E-state index in [9.17, 15) is 4.79 Å². The van der Waals surface area contributed by atoms with E-state index in [1.54, 1.807) is 18.3 Å². The second kappa shape index (κ2) is 6.53. The topological polar surface area (TPSA) is 68.0 Å². The molecule has 0 fully saturated rings. The number of aromatic nitrogens is 1. The van der Waals surface area contributed by atoms with Gasteiger partial charge in [0.2, 0.25) is 0 Å². The van der Waals surface area contributed by atoms with Gasteiger partial charge in [-0.3, -0.25) is 4.79 Å². The van der Waals surface area contributed by atoms with Crippen molar-refractivity contribution in [2.75, 3.05) is 13.1 Å². The fraction of sp³-hybridized carbons (Fsp3) is 0.400. The van der Waals surface area contributed by atoms with Gasteiger partial charge in [0, 0.05) is 17.2 Å². The number of pyridine rings is 1. The van der Waals surface area contributed by atoms with Crippen molar-refractivity contribution in [1.29, 1.82) is 0 Å². The smallest absolute Gasteiger partial charge is 0.269 e. The lowest BCUT2D eigenvalue weighted by molar-refractivity contribution is 0.0948. The summed E-state index contributed by atoms with van der Waals surface area (Å²) in [6.07, 6.45) is 3.43. The maximum absolute atomic E-state index is 11.5. The predicted molar refractivity (Wildman–Crippen MR) is 62.6 cm³/mol. The molecule has 0 bridgehead atoms. The molecule has 0 radical (unpaired) electrons. The molecule has 15 heavy (non-hydrogen) atoms. The van der Waals surface area contributed by atoms with E-state index in [0.717, 1.165) is 17.3 Å². The third kappa shape index (κ3) is 4.40. The Balaban J connectivity index is 2.37. The molecule has 0 aliphatic heterocycles. The number of hydrogen-bond acceptors (Lipinski definition) is 3. The molecule has 3 N–H and O–H groups in total. The monoisotopic (exact) mass is 271 g/mol. The third-order valence-corrected chi connectivity index (χ3v) is 2.35. The first-order chi connectivity index (χ1) is 7.24. The zero-order chi connectivity index (χ0) is 11.1. The van der Waals surface area contributed by atoms with Gasteiger partial charge in [-0.05, 0) is 47.4 Å². The van der Waals surface area contributed by atoms with Crippen LogP contribution < -0.4 is 11.1 Å². The Bertz CT molecular complexity index is 313. The number of rotatable bonds is 5. The van der Waals surface area contributed by atoms with Crippen LogP contribution in [0.2, 0.25) is 0 Å². The van der Waals surface area contributed by atoms with Crippen molar-refractivity contribution in [3.8, 4) is 0 Å². The average molecular weight is 272 g/mol. The first-order valence-corrected chi connectivity index (χ1v) is 5.63. The van der Waals surface area contributed by atoms with Crippen molar-refractivity contribution >= 4 is 21.8 Å². The Morgan fingerprint density at radius 1 is 1.47 bits per heavy atom. The van der Waals surface area contributed by atoms with E-state index >= 15 is 0 Å². The molecule has 4 nitrogen and oxygen atoms in total. The minimum absolute atomic E-state index is 0.139. The molecule has 1 heterocycles. The summed E-state index contributed by atoms with van der Waals surface area (Å²) in [5.41, 5.74) is 5.78. The number of amides is 1. The summed E-state index contributed by atoms with van der Waals surface area (Å²) in [6, 6.07) is 3.48. The molecule has 0 saturated carbocycles. The van der Waals surface area contributed by atoms with Gasteiger partial charge in [-0.2, -0.15) is 0 Å². The Labute approximate surface area is 97.4 Å². The minimum atomic E-state index is -0.139. The molecule has 0 aliphatic rings. The number of nitrogens with two attached hydrogens (primary N) is 1. The number of unbranched alkanes of at least 4 members (excludes halogenated alkanes) is 1. The minimum Gasteiger partial charge on any atom is -0.351 e. The molecule has 0 unspecified atom stereocenters. The molecule has 5 heteroatoms. The van der Waals surface area contributed by atoms with E-state index in [0.29, 0.717) is 18.8 Å². The van der Waals surface area contributed by atoms with Gasteiger partial charge < -0.3 is 11.1 Å². The molecule has 82 valence electrons. The molecule has 1 aromatic rings. The summed E-state index contributed by atoms with van der Waals surface area (Å²) in [4.78, 5) is 15.5. The molecule has 0 saturated heterocycles. The third-order valence-electron chi connectivity index (χ3n) is 1.88. The average Bonchev–Trinajstić information content (AvgIpc) is 2.25. The van der Waals surface area contributed by atoms with E-state index in [1.807, 2.05) is 0 Å². The quantitative estimate of drug-likeness (QED) is 0.794. The summed E-state index contributed by atoms with van der Waals surface area (Å²) in [6.45, 7) is 1.31. The lowest BCUT2D eigenvalue weighted by atomic mass is 10.3. The van der Waals surface area contributed by atoms with Crippen LogP contribution in [0.4, 0.5) is 0 Å². The Morgan fingerprint density at radius 3 is 2.87 bits per heavy atom. The lowest BCUT2D eigenvalue weighted by Crippen LogP contribution is -2.25. The van der Waals surface area contributed by atoms with Gasteiger partial charge in [0.1, 0.15) is 5.69 Å². The molecule has 1 amide bonds. The van der Waals surface area contributed by atoms with Crippen LogP contribution in [0, 0.1) is 0 Å². The Hall–Kier alpha value is -0.940. The van der Waals surface area contributed by atoms with Crippen molar-refractivity contribution in [1.82, 2.24) is 10.3 Å². The van der Waals surface area contributed by atoms with Gasteiger partial charge in [0.15, 0.2) is 0 Å². The van der Waals surface area contributed by atoms with Gasteiger partial charge in [-0.15, -0.1) is 0 Å². The maximum atomic E-state index is 11.5. The van der Waals surface area contributed by atoms with Crippen molar-refractivity contribution in [3.05, 3.63) is 28.5 Å². The van der Waals surface area contributed by atoms with Crippen molar-refractivity contribution in [2.45, 2.75) is 12.8 Å². The summed E-state index contributed by atoms with van der Waals surface area (Å²) < 4.78 is 0.863. The first-order valence-electron chi connectivity index (χ1n) is 4.84. The number of hydrogen-bond donors (Lipinski definition) is 2. The van der Waals surface area contributed by atoms with Crippen LogP contribution in [-0.2, 0) is 0 Å². The fourth-order valence-electron chi connectivity index (χ4n) is 1.07. The van der Waals surface area contributed by atoms with E-state index < -0.39 is 0 Å². The number of nitrogens with zero attached hydrogens (tertiary/aromatic N) is 1. The largest absolute Gasteiger partial charge is 0.351 e. The standard InChI is InChI=1S/C10H14BrN3O/c11-8-3-4-9(14-7-8)10(15)13-6-2-1-5-12/h3-4,7H,1-2,5-6,12H2,(H,13,15). The van der Waals surface area contributed by atoms with Gasteiger partial charge >= 0.3 is 0 Å². The molecule has 0 atom stereocenters. The van der Waals surface area contributed by atoms with Gasteiger partial charge in [-0.1, -0.05) is 0 Å². The summed E-state index contributed by atoms with van der Waals surface area (Å²) in [5.74, 6) is -0.139. The number of carbonyl (C=O) groups is 1. The number of carbonyl (C=O) groups excluding carboxylic acids is 1. The van der Waals surface area contributed by atoms with Gasteiger partial charge in [0.25, 0.3) is 5.91 Å². The SMILES string of the molecule is NCCCCNC(=O)c1ccc(Br)cn1. The number of halogens is 1. The first kappa shape index (κ1) is 12.1. The molecule has 0 aliphatic carbocycles. The Morgan fingerprint density at radius 2 is 2.27 bits per heavy atom. The van der Waals surface area contributed by atoms with Crippen LogP contribution >= 0.6 is 15.9 Å². The second-order valence-corrected chi connectivity index (χ2v) is 4.03. The summed E-state index contributed by atoms with van der Waals surface area (Å²) in [5, 5.41) is 2.78. The predicted octanol–water partition coefficient (Wildman–Crippen LogP) is 1.31. The van der Waals surface area contributed by atoms with Crippen LogP contribution in [0.5, 0.6) is 0 Å². The van der Waals surface area contributed by atoms with E-state index in [4.69, 9.17) is 5.73 Å². The molecular weight excluding hydrogens is 258 g/mol. The van der Waals surface area contributed by atoms with Crippen LogP contribution in [0.25, 0.3) is 0 Å². The van der Waals surface area contributed by atoms with Gasteiger partial charge in [0.05, 0.1) is 0 Å². The number of nitrogens with one attached hydrogen (secondary N) is 1. The Kier molecular flexibility index (Phi) is 5.28. The van der Waals surface area contributed by atoms with E-state index in [1.165, 1.54) is 0 Å². The zero-order valence-corrected chi connectivity index (χ0v) is 9.96. The maximum Gasteiger partial charge on any atom is 0.269 e. The molecule has 0 spiro atoms. The van der Waals surface area contributed by atoms with Crippen LogP contribution in [0.15, 0.2) is 22.8 Å². The van der Waals surface area contributed by atoms with Crippen LogP contribution in [0.1, 0.15) is 23.3 Å². The summed E-state index contributed by atoms with van der Waals surface area (Å²) >= 11 is 3.26. The second-order valence-electron chi connectivity index (χ2n) is 3.11. The molecule has 0 aromatic carbocycles. The molecular formula is C10H14BrN3O. The fourth-order valence-corrected chi connectivity index (χ4v) is 1.31. The van der Waals surface area contributed by atoms with E-state index in [-0.39, 0.29) is 5.91 Å². The highest BCUT2D eigenvalue weighted by atomic mass is 79.9. The van der Waals surface area contributed by atoms with Crippen molar-refractivity contribution in [2.24, 2.45) is 5.73 Å². The van der Waals surface area contributed by atoms with Crippen LogP contribution in [-0.4, -0.2) is 24.0 Å². The van der Waals surface area contributed by atoms with Crippen LogP contribution in [0.3, 0.4) is 0 Å². The van der Waals surface area contributed by atoms with Crippen molar-refractivity contribution < 1.29 is 4.79 Å². The molecule has 1 rings (SSSR count). The lowest BCUT2D eigenvalue weighted by Gasteiger charge is -2.03. The van der Waals surface area contributed by atoms with Crippen molar-refractivity contribution in [3.63, 3.8) is 0 Å². The van der Waals surface area contributed by atoms with E-state index in [2.05, 4.69) is 26.2 Å². The van der Waals surface area contributed by atoms with Gasteiger partial charge in [-0.25, -0.2) is 4.98 Å². The molecule has 1 aromatic heterocycles. The highest BCUT2D eigenvalue weighted by Gasteiger charge is 2.04. The summed E-state index contributed by atoms with van der Waals surface area (Å²) in [7, 11) is 0. The highest BCUT2D eigenvalue weighted by molar-refractivity contribution is 9.10. The zero-order valence-electron chi connectivity index (χ0n) is 8.37. The highest BCUT2D eigenvalue weighted by Crippen LogP contribution is 2.07.